The van der Waals surface area contributed by atoms with Gasteiger partial charge in [-0.05, 0) is 48.5 Å². The molecule has 0 fully saturated rings. The Morgan fingerprint density at radius 2 is 1.45 bits per heavy atom. The van der Waals surface area contributed by atoms with E-state index in [1.807, 2.05) is 6.07 Å². The first-order valence-corrected chi connectivity index (χ1v) is 6.48. The van der Waals surface area contributed by atoms with Gasteiger partial charge in [0.15, 0.2) is 0 Å². The van der Waals surface area contributed by atoms with Gasteiger partial charge in [-0.1, -0.05) is 0 Å². The summed E-state index contributed by atoms with van der Waals surface area (Å²) in [5.74, 6) is -0.504. The van der Waals surface area contributed by atoms with E-state index in [1.54, 1.807) is 48.5 Å². The van der Waals surface area contributed by atoms with E-state index in [0.29, 0.717) is 17.1 Å². The molecule has 0 radical (unpaired) electrons. The summed E-state index contributed by atoms with van der Waals surface area (Å²) in [4.78, 5) is 12.0. The van der Waals surface area contributed by atoms with Crippen LogP contribution < -0.4 is 22.1 Å². The first-order chi connectivity index (χ1) is 10.6. The molecule has 2 aromatic carbocycles. The highest BCUT2D eigenvalue weighted by atomic mass is 16.1. The van der Waals surface area contributed by atoms with Crippen molar-refractivity contribution >= 4 is 28.7 Å². The number of nitrogens with two attached hydrogens (primary N) is 2. The molecule has 0 spiro atoms. The van der Waals surface area contributed by atoms with E-state index in [9.17, 15) is 4.79 Å². The molecule has 6 N–H and O–H groups in total. The van der Waals surface area contributed by atoms with Crippen molar-refractivity contribution in [1.29, 1.82) is 5.26 Å². The zero-order valence-electron chi connectivity index (χ0n) is 11.7. The molecular weight excluding hydrogens is 278 g/mol. The second-order valence-corrected chi connectivity index (χ2v) is 4.51. The molecule has 6 heteroatoms. The van der Waals surface area contributed by atoms with E-state index in [-0.39, 0.29) is 5.57 Å². The second kappa shape index (κ2) is 6.81. The topological polar surface area (TPSA) is 117 Å². The predicted molar refractivity (Wildman–Crippen MR) is 87.7 cm³/mol. The van der Waals surface area contributed by atoms with Crippen LogP contribution in [0.15, 0.2) is 60.3 Å². The van der Waals surface area contributed by atoms with Gasteiger partial charge in [-0.3, -0.25) is 4.79 Å². The van der Waals surface area contributed by atoms with Gasteiger partial charge in [0.1, 0.15) is 11.6 Å². The molecule has 0 unspecified atom stereocenters. The Hall–Kier alpha value is -3.46. The SMILES string of the molecule is N#C/C(=C/Nc1ccc(N)cc1)C(=O)Nc1ccc(N)cc1. The average Bonchev–Trinajstić information content (AvgIpc) is 2.52. The summed E-state index contributed by atoms with van der Waals surface area (Å²) in [5, 5.41) is 14.6. The van der Waals surface area contributed by atoms with Crippen molar-refractivity contribution in [3.05, 3.63) is 60.3 Å². The van der Waals surface area contributed by atoms with Gasteiger partial charge in [-0.2, -0.15) is 5.26 Å². The summed E-state index contributed by atoms with van der Waals surface area (Å²) in [5.41, 5.74) is 13.6. The number of nitrogens with one attached hydrogen (secondary N) is 2. The number of rotatable bonds is 4. The number of nitrogen functional groups attached to an aromatic ring is 2. The third-order valence-electron chi connectivity index (χ3n) is 2.83. The number of anilines is 4. The number of nitriles is 1. The minimum Gasteiger partial charge on any atom is -0.399 e. The number of hydrogen-bond acceptors (Lipinski definition) is 5. The monoisotopic (exact) mass is 293 g/mol. The summed E-state index contributed by atoms with van der Waals surface area (Å²) in [6, 6.07) is 15.4. The Morgan fingerprint density at radius 3 is 1.95 bits per heavy atom. The van der Waals surface area contributed by atoms with E-state index < -0.39 is 5.91 Å². The number of benzene rings is 2. The fourth-order valence-electron chi connectivity index (χ4n) is 1.65. The largest absolute Gasteiger partial charge is 0.399 e. The number of carbonyl (C=O) groups excluding carboxylic acids is 1. The Labute approximate surface area is 128 Å². The van der Waals surface area contributed by atoms with Gasteiger partial charge in [0.2, 0.25) is 0 Å². The first kappa shape index (κ1) is 14.9. The number of amides is 1. The Kier molecular flexibility index (Phi) is 4.63. The Balaban J connectivity index is 2.05. The molecule has 0 aliphatic rings. The molecule has 0 saturated heterocycles. The lowest BCUT2D eigenvalue weighted by Gasteiger charge is -2.05. The first-order valence-electron chi connectivity index (χ1n) is 6.48. The van der Waals surface area contributed by atoms with Crippen LogP contribution in [0.4, 0.5) is 22.7 Å². The van der Waals surface area contributed by atoms with Crippen LogP contribution in [0, 0.1) is 11.3 Å². The second-order valence-electron chi connectivity index (χ2n) is 4.51. The van der Waals surface area contributed by atoms with Crippen LogP contribution >= 0.6 is 0 Å². The van der Waals surface area contributed by atoms with Gasteiger partial charge < -0.3 is 22.1 Å². The third-order valence-corrected chi connectivity index (χ3v) is 2.83. The molecule has 0 saturated carbocycles. The third kappa shape index (κ3) is 4.02. The minimum atomic E-state index is -0.504. The zero-order valence-corrected chi connectivity index (χ0v) is 11.7. The number of hydrogen-bond donors (Lipinski definition) is 4. The lowest BCUT2D eigenvalue weighted by Crippen LogP contribution is -2.14. The molecule has 0 aliphatic carbocycles. The molecule has 0 atom stereocenters. The quantitative estimate of drug-likeness (QED) is 0.392. The molecule has 0 aliphatic heterocycles. The standard InChI is InChI=1S/C16H15N5O/c17-9-11(10-20-14-5-1-12(18)2-6-14)16(22)21-15-7-3-13(19)4-8-15/h1-8,10,20H,18-19H2,(H,21,22)/b11-10-. The highest BCUT2D eigenvalue weighted by molar-refractivity contribution is 6.06. The fraction of sp³-hybridized carbons (Fsp3) is 0. The lowest BCUT2D eigenvalue weighted by atomic mass is 10.2. The van der Waals surface area contributed by atoms with Gasteiger partial charge in [0.25, 0.3) is 5.91 Å². The molecule has 2 rings (SSSR count). The van der Waals surface area contributed by atoms with Crippen LogP contribution in [-0.4, -0.2) is 5.91 Å². The van der Waals surface area contributed by atoms with E-state index in [2.05, 4.69) is 10.6 Å². The van der Waals surface area contributed by atoms with Crippen molar-refractivity contribution in [1.82, 2.24) is 0 Å². The smallest absolute Gasteiger partial charge is 0.267 e. The molecular formula is C16H15N5O. The van der Waals surface area contributed by atoms with Crippen molar-refractivity contribution in [3.63, 3.8) is 0 Å². The van der Waals surface area contributed by atoms with Gasteiger partial charge in [-0.15, -0.1) is 0 Å². The molecule has 0 aromatic heterocycles. The summed E-state index contributed by atoms with van der Waals surface area (Å²) in [7, 11) is 0. The average molecular weight is 293 g/mol. The molecule has 2 aromatic rings. The minimum absolute atomic E-state index is 0.0475. The van der Waals surface area contributed by atoms with Crippen LogP contribution in [0.3, 0.4) is 0 Å². The fourth-order valence-corrected chi connectivity index (χ4v) is 1.65. The van der Waals surface area contributed by atoms with Crippen LogP contribution in [-0.2, 0) is 4.79 Å². The van der Waals surface area contributed by atoms with Crippen molar-refractivity contribution in [2.24, 2.45) is 0 Å². The van der Waals surface area contributed by atoms with E-state index in [1.165, 1.54) is 6.20 Å². The maximum absolute atomic E-state index is 12.0. The molecule has 22 heavy (non-hydrogen) atoms. The van der Waals surface area contributed by atoms with Crippen molar-refractivity contribution < 1.29 is 4.79 Å². The molecule has 1 amide bonds. The van der Waals surface area contributed by atoms with Crippen LogP contribution in [0.1, 0.15) is 0 Å². The maximum Gasteiger partial charge on any atom is 0.267 e. The van der Waals surface area contributed by atoms with Crippen molar-refractivity contribution in [2.45, 2.75) is 0 Å². The summed E-state index contributed by atoms with van der Waals surface area (Å²) >= 11 is 0. The van der Waals surface area contributed by atoms with Crippen LogP contribution in [0.2, 0.25) is 0 Å². The van der Waals surface area contributed by atoms with E-state index >= 15 is 0 Å². The molecule has 6 nitrogen and oxygen atoms in total. The number of carbonyl (C=O) groups is 1. The van der Waals surface area contributed by atoms with Crippen LogP contribution in [0.5, 0.6) is 0 Å². The summed E-state index contributed by atoms with van der Waals surface area (Å²) in [6.07, 6.45) is 1.35. The van der Waals surface area contributed by atoms with Gasteiger partial charge in [-0.25, -0.2) is 0 Å². The van der Waals surface area contributed by atoms with E-state index in [0.717, 1.165) is 5.69 Å². The highest BCUT2D eigenvalue weighted by Crippen LogP contribution is 2.13. The normalized spacial score (nSPS) is 10.6. The molecule has 0 bridgehead atoms. The Bertz CT molecular complexity index is 727. The number of nitrogens with zero attached hydrogens (tertiary/aromatic N) is 1. The maximum atomic E-state index is 12.0. The van der Waals surface area contributed by atoms with Gasteiger partial charge >= 0.3 is 0 Å². The molecule has 110 valence electrons. The molecule has 0 heterocycles. The summed E-state index contributed by atoms with van der Waals surface area (Å²) < 4.78 is 0. The van der Waals surface area contributed by atoms with E-state index in [4.69, 9.17) is 16.7 Å². The zero-order chi connectivity index (χ0) is 15.9. The van der Waals surface area contributed by atoms with Crippen molar-refractivity contribution in [2.75, 3.05) is 22.1 Å². The van der Waals surface area contributed by atoms with Crippen molar-refractivity contribution in [3.8, 4) is 6.07 Å². The van der Waals surface area contributed by atoms with Crippen LogP contribution in [0.25, 0.3) is 0 Å². The summed E-state index contributed by atoms with van der Waals surface area (Å²) in [6.45, 7) is 0. The lowest BCUT2D eigenvalue weighted by molar-refractivity contribution is -0.112. The van der Waals surface area contributed by atoms with Gasteiger partial charge in [0, 0.05) is 28.9 Å². The predicted octanol–water partition coefficient (Wildman–Crippen LogP) is 2.31. The van der Waals surface area contributed by atoms with Gasteiger partial charge in [0.05, 0.1) is 0 Å². The highest BCUT2D eigenvalue weighted by Gasteiger charge is 2.09. The Morgan fingerprint density at radius 1 is 0.955 bits per heavy atom.